The molecule has 0 saturated heterocycles. The van der Waals surface area contributed by atoms with Gasteiger partial charge in [-0.25, -0.2) is 8.42 Å². The second-order valence-electron chi connectivity index (χ2n) is 7.15. The zero-order valence-electron chi connectivity index (χ0n) is 17.4. The van der Waals surface area contributed by atoms with Crippen LogP contribution in [-0.4, -0.2) is 33.3 Å². The third kappa shape index (κ3) is 4.94. The normalized spacial score (nSPS) is 11.8. The van der Waals surface area contributed by atoms with Gasteiger partial charge < -0.3 is 4.90 Å². The standard InChI is InChI=1S/C23H21F3N2O3S/c1-27(16-18-9-6-7-14-21(18)23(24,25)26)22(29)17-10-8-13-20(15-17)32(30,31)28(2)19-11-4-3-5-12-19/h3-15H,16H2,1-2H3. The summed E-state index contributed by atoms with van der Waals surface area (Å²) in [5.41, 5.74) is -0.367. The fourth-order valence-electron chi connectivity index (χ4n) is 3.21. The topological polar surface area (TPSA) is 57.7 Å². The maximum Gasteiger partial charge on any atom is 0.416 e. The summed E-state index contributed by atoms with van der Waals surface area (Å²) in [6.07, 6.45) is -4.55. The van der Waals surface area contributed by atoms with Gasteiger partial charge in [-0.15, -0.1) is 0 Å². The summed E-state index contributed by atoms with van der Waals surface area (Å²) in [4.78, 5) is 13.9. The van der Waals surface area contributed by atoms with Gasteiger partial charge in [-0.2, -0.15) is 13.2 Å². The molecule has 0 N–H and O–H groups in total. The summed E-state index contributed by atoms with van der Waals surface area (Å²) in [6, 6.07) is 18.9. The molecule has 3 aromatic carbocycles. The molecule has 0 aliphatic rings. The van der Waals surface area contributed by atoms with Crippen LogP contribution in [-0.2, 0) is 22.7 Å². The molecule has 168 valence electrons. The molecule has 5 nitrogen and oxygen atoms in total. The molecule has 0 radical (unpaired) electrons. The summed E-state index contributed by atoms with van der Waals surface area (Å²) in [5.74, 6) is -0.596. The van der Waals surface area contributed by atoms with Crippen molar-refractivity contribution in [2.75, 3.05) is 18.4 Å². The molecule has 0 heterocycles. The summed E-state index contributed by atoms with van der Waals surface area (Å²) in [7, 11) is -1.17. The average molecular weight is 462 g/mol. The number of rotatable bonds is 6. The molecular weight excluding hydrogens is 441 g/mol. The van der Waals surface area contributed by atoms with Crippen molar-refractivity contribution in [3.05, 3.63) is 95.6 Å². The Labute approximate surface area is 184 Å². The van der Waals surface area contributed by atoms with E-state index < -0.39 is 27.7 Å². The average Bonchev–Trinajstić information content (AvgIpc) is 2.78. The van der Waals surface area contributed by atoms with Crippen molar-refractivity contribution in [2.45, 2.75) is 17.6 Å². The van der Waals surface area contributed by atoms with E-state index in [0.29, 0.717) is 5.69 Å². The lowest BCUT2D eigenvalue weighted by molar-refractivity contribution is -0.138. The molecule has 0 bridgehead atoms. The van der Waals surface area contributed by atoms with E-state index in [1.807, 2.05) is 0 Å². The first-order chi connectivity index (χ1) is 15.0. The Kier molecular flexibility index (Phi) is 6.59. The van der Waals surface area contributed by atoms with Gasteiger partial charge in [-0.05, 0) is 42.0 Å². The van der Waals surface area contributed by atoms with E-state index in [1.165, 1.54) is 56.6 Å². The minimum absolute atomic E-state index is 0.0524. The van der Waals surface area contributed by atoms with Crippen molar-refractivity contribution in [1.29, 1.82) is 0 Å². The maximum atomic E-state index is 13.2. The highest BCUT2D eigenvalue weighted by Gasteiger charge is 2.33. The van der Waals surface area contributed by atoms with Crippen LogP contribution in [0, 0.1) is 0 Å². The van der Waals surface area contributed by atoms with Gasteiger partial charge in [0.15, 0.2) is 0 Å². The van der Waals surface area contributed by atoms with Crippen LogP contribution in [0.4, 0.5) is 18.9 Å². The lowest BCUT2D eigenvalue weighted by Crippen LogP contribution is -2.29. The van der Waals surface area contributed by atoms with Gasteiger partial charge in [0.25, 0.3) is 15.9 Å². The number of carbonyl (C=O) groups is 1. The van der Waals surface area contributed by atoms with Crippen LogP contribution in [0.1, 0.15) is 21.5 Å². The van der Waals surface area contributed by atoms with E-state index in [1.54, 1.807) is 30.3 Å². The number of hydrogen-bond acceptors (Lipinski definition) is 3. The number of anilines is 1. The zero-order chi connectivity index (χ0) is 23.5. The van der Waals surface area contributed by atoms with E-state index in [4.69, 9.17) is 0 Å². The van der Waals surface area contributed by atoms with Crippen LogP contribution >= 0.6 is 0 Å². The summed E-state index contributed by atoms with van der Waals surface area (Å²) in [6.45, 7) is -0.282. The lowest BCUT2D eigenvalue weighted by atomic mass is 10.1. The van der Waals surface area contributed by atoms with Gasteiger partial charge in [0.1, 0.15) is 0 Å². The number of hydrogen-bond donors (Lipinski definition) is 0. The van der Waals surface area contributed by atoms with Crippen LogP contribution in [0.3, 0.4) is 0 Å². The minimum Gasteiger partial charge on any atom is -0.337 e. The van der Waals surface area contributed by atoms with Crippen molar-refractivity contribution in [2.24, 2.45) is 0 Å². The van der Waals surface area contributed by atoms with Crippen molar-refractivity contribution in [3.63, 3.8) is 0 Å². The van der Waals surface area contributed by atoms with E-state index in [-0.39, 0.29) is 22.6 Å². The van der Waals surface area contributed by atoms with Crippen molar-refractivity contribution < 1.29 is 26.4 Å². The molecule has 32 heavy (non-hydrogen) atoms. The Morgan fingerprint density at radius 2 is 1.50 bits per heavy atom. The van der Waals surface area contributed by atoms with Crippen LogP contribution in [0.2, 0.25) is 0 Å². The van der Waals surface area contributed by atoms with E-state index in [2.05, 4.69) is 0 Å². The smallest absolute Gasteiger partial charge is 0.337 e. The van der Waals surface area contributed by atoms with Crippen LogP contribution in [0.15, 0.2) is 83.8 Å². The molecule has 0 aromatic heterocycles. The molecular formula is C23H21F3N2O3S. The first-order valence-electron chi connectivity index (χ1n) is 9.56. The Balaban J connectivity index is 1.86. The number of alkyl halides is 3. The maximum absolute atomic E-state index is 13.2. The second-order valence-corrected chi connectivity index (χ2v) is 9.12. The highest BCUT2D eigenvalue weighted by atomic mass is 32.2. The Bertz CT molecular complexity index is 1210. The molecule has 1 amide bonds. The molecule has 0 atom stereocenters. The molecule has 0 aliphatic carbocycles. The van der Waals surface area contributed by atoms with Gasteiger partial charge >= 0.3 is 6.18 Å². The predicted octanol–water partition coefficient (Wildman–Crippen LogP) is 4.80. The monoisotopic (exact) mass is 462 g/mol. The molecule has 3 aromatic rings. The molecule has 0 saturated carbocycles. The zero-order valence-corrected chi connectivity index (χ0v) is 18.2. The van der Waals surface area contributed by atoms with Gasteiger partial charge in [0.2, 0.25) is 0 Å². The van der Waals surface area contributed by atoms with E-state index >= 15 is 0 Å². The van der Waals surface area contributed by atoms with Crippen LogP contribution in [0.5, 0.6) is 0 Å². The fraction of sp³-hybridized carbons (Fsp3) is 0.174. The lowest BCUT2D eigenvalue weighted by Gasteiger charge is -2.22. The predicted molar refractivity (Wildman–Crippen MR) is 116 cm³/mol. The van der Waals surface area contributed by atoms with Gasteiger partial charge in [0.05, 0.1) is 16.1 Å². The fourth-order valence-corrected chi connectivity index (χ4v) is 4.45. The van der Waals surface area contributed by atoms with Gasteiger partial charge in [-0.1, -0.05) is 42.5 Å². The van der Waals surface area contributed by atoms with Gasteiger partial charge in [-0.3, -0.25) is 9.10 Å². The Hall–Kier alpha value is -3.33. The Morgan fingerprint density at radius 3 is 2.16 bits per heavy atom. The number of halogens is 3. The molecule has 3 rings (SSSR count). The third-order valence-electron chi connectivity index (χ3n) is 4.94. The van der Waals surface area contributed by atoms with Crippen molar-refractivity contribution >= 4 is 21.6 Å². The number of benzene rings is 3. The molecule has 0 spiro atoms. The summed E-state index contributed by atoms with van der Waals surface area (Å²) in [5, 5.41) is 0. The van der Waals surface area contributed by atoms with E-state index in [0.717, 1.165) is 15.3 Å². The number of carbonyl (C=O) groups excluding carboxylic acids is 1. The molecule has 0 aliphatic heterocycles. The summed E-state index contributed by atoms with van der Waals surface area (Å²) < 4.78 is 66.8. The molecule has 0 fully saturated rings. The van der Waals surface area contributed by atoms with Crippen LogP contribution < -0.4 is 4.31 Å². The first-order valence-corrected chi connectivity index (χ1v) is 11.0. The van der Waals surface area contributed by atoms with Crippen molar-refractivity contribution in [1.82, 2.24) is 4.90 Å². The SMILES string of the molecule is CN(Cc1ccccc1C(F)(F)F)C(=O)c1cccc(S(=O)(=O)N(C)c2ccccc2)c1. The minimum atomic E-state index is -4.55. The van der Waals surface area contributed by atoms with E-state index in [9.17, 15) is 26.4 Å². The highest BCUT2D eigenvalue weighted by Crippen LogP contribution is 2.32. The number of nitrogens with zero attached hydrogens (tertiary/aromatic N) is 2. The highest BCUT2D eigenvalue weighted by molar-refractivity contribution is 7.92. The Morgan fingerprint density at radius 1 is 0.875 bits per heavy atom. The van der Waals surface area contributed by atoms with Crippen molar-refractivity contribution in [3.8, 4) is 0 Å². The largest absolute Gasteiger partial charge is 0.416 e. The first kappa shape index (κ1) is 23.3. The molecule has 9 heteroatoms. The quantitative estimate of drug-likeness (QED) is 0.529. The summed E-state index contributed by atoms with van der Waals surface area (Å²) >= 11 is 0. The second kappa shape index (κ2) is 9.04. The number of para-hydroxylation sites is 1. The number of amides is 1. The third-order valence-corrected chi connectivity index (χ3v) is 6.72. The van der Waals surface area contributed by atoms with Crippen LogP contribution in [0.25, 0.3) is 0 Å². The number of sulfonamides is 1. The van der Waals surface area contributed by atoms with Gasteiger partial charge in [0, 0.05) is 26.2 Å². The molecule has 0 unspecified atom stereocenters.